The van der Waals surface area contributed by atoms with Crippen LogP contribution < -0.4 is 15.5 Å². The maximum absolute atomic E-state index is 14.3. The molecule has 6 rings (SSSR count). The van der Waals surface area contributed by atoms with Crippen LogP contribution in [-0.4, -0.2) is 110 Å². The number of benzene rings is 1. The first-order valence-corrected chi connectivity index (χ1v) is 19.7. The Labute approximate surface area is 337 Å². The van der Waals surface area contributed by atoms with Crippen LogP contribution in [0.1, 0.15) is 88.0 Å². The number of pyridine rings is 1. The molecule has 3 amide bonds. The molecule has 4 heterocycles. The lowest BCUT2D eigenvalue weighted by Crippen LogP contribution is -2.60. The molecule has 1 aromatic carbocycles. The minimum atomic E-state index is -4.86. The van der Waals surface area contributed by atoms with E-state index < -0.39 is 65.7 Å². The molecular weight excluding hydrogens is 791 g/mol. The van der Waals surface area contributed by atoms with Crippen LogP contribution >= 0.6 is 12.2 Å². The van der Waals surface area contributed by atoms with Crippen LogP contribution in [0.3, 0.4) is 0 Å². The Morgan fingerprint density at radius 3 is 2.36 bits per heavy atom. The summed E-state index contributed by atoms with van der Waals surface area (Å²) in [6, 6.07) is 6.74. The lowest BCUT2D eigenvalue weighted by molar-refractivity contribution is -0.197. The normalized spacial score (nSPS) is 26.1. The summed E-state index contributed by atoms with van der Waals surface area (Å²) in [5.41, 5.74) is -2.27. The van der Waals surface area contributed by atoms with E-state index in [1.807, 2.05) is 0 Å². The molecule has 0 radical (unpaired) electrons. The van der Waals surface area contributed by atoms with Gasteiger partial charge >= 0.3 is 12.4 Å². The molecule has 4 fully saturated rings. The fourth-order valence-corrected chi connectivity index (χ4v) is 9.27. The summed E-state index contributed by atoms with van der Waals surface area (Å²) >= 11 is 5.68. The standard InChI is InChI=1S/C39H46F6N8O4S/c1-37(2)35(57)52(27-18-29(38(40,41)42)30(19-46)47-20-27)36(58)53(37)26-11-5-23(6-12-26)4-3-15-50-16-17-51(31(21-50)39(43,44)45)22-33(55)48-25-9-7-24(8-10-25)28-13-14-32(54)49-34(28)56/h7-10,18,20,23,26,28,31-32,54H,3-6,11-17,21-22H2,1-2H3,(H,48,55)(H,49,56)/t23?,26?,28?,31-,32?/m1/s1. The topological polar surface area (TPSA) is 145 Å². The number of piperazine rings is 1. The molecule has 0 bridgehead atoms. The Kier molecular flexibility index (Phi) is 12.7. The maximum atomic E-state index is 14.3. The molecule has 3 N–H and O–H groups in total. The van der Waals surface area contributed by atoms with Crippen molar-refractivity contribution in [2.75, 3.05) is 42.9 Å². The molecule has 19 heteroatoms. The third kappa shape index (κ3) is 9.40. The second kappa shape index (κ2) is 17.1. The predicted octanol–water partition coefficient (Wildman–Crippen LogP) is 5.52. The van der Waals surface area contributed by atoms with Crippen LogP contribution in [0.25, 0.3) is 0 Å². The fraction of sp³-hybridized carbons (Fsp3) is 0.590. The molecule has 1 aromatic heterocycles. The van der Waals surface area contributed by atoms with E-state index in [2.05, 4.69) is 15.6 Å². The molecule has 314 valence electrons. The highest BCUT2D eigenvalue weighted by Crippen LogP contribution is 2.41. The van der Waals surface area contributed by atoms with E-state index in [0.717, 1.165) is 41.3 Å². The van der Waals surface area contributed by atoms with E-state index in [1.165, 1.54) is 6.07 Å². The average molecular weight is 837 g/mol. The number of anilines is 2. The highest BCUT2D eigenvalue weighted by atomic mass is 32.1. The summed E-state index contributed by atoms with van der Waals surface area (Å²) in [7, 11) is 0. The number of rotatable bonds is 10. The molecule has 3 saturated heterocycles. The van der Waals surface area contributed by atoms with Gasteiger partial charge in [0.15, 0.2) is 10.8 Å². The first-order chi connectivity index (χ1) is 27.3. The van der Waals surface area contributed by atoms with Gasteiger partial charge in [-0.05, 0) is 114 Å². The smallest absolute Gasteiger partial charge is 0.374 e. The third-order valence-electron chi connectivity index (χ3n) is 11.8. The monoisotopic (exact) mass is 836 g/mol. The number of nitrogens with zero attached hydrogens (tertiary/aromatic N) is 6. The van der Waals surface area contributed by atoms with E-state index in [4.69, 9.17) is 17.5 Å². The Hall–Kier alpha value is -4.38. The number of nitriles is 1. The first kappa shape index (κ1) is 43.2. The van der Waals surface area contributed by atoms with Gasteiger partial charge in [-0.15, -0.1) is 0 Å². The summed E-state index contributed by atoms with van der Waals surface area (Å²) in [6.07, 6.45) is -4.02. The van der Waals surface area contributed by atoms with E-state index in [1.54, 1.807) is 47.9 Å². The highest BCUT2D eigenvalue weighted by molar-refractivity contribution is 7.80. The average Bonchev–Trinajstić information content (AvgIpc) is 3.33. The molecular formula is C39H46F6N8O4S. The summed E-state index contributed by atoms with van der Waals surface area (Å²) in [5, 5.41) is 24.0. The largest absolute Gasteiger partial charge is 0.419 e. The zero-order chi connectivity index (χ0) is 42.2. The van der Waals surface area contributed by atoms with Gasteiger partial charge in [0, 0.05) is 31.4 Å². The molecule has 2 unspecified atom stereocenters. The molecule has 58 heavy (non-hydrogen) atoms. The molecule has 12 nitrogen and oxygen atoms in total. The van der Waals surface area contributed by atoms with Crippen molar-refractivity contribution in [2.24, 2.45) is 5.92 Å². The number of nitrogens with one attached hydrogen (secondary N) is 2. The molecule has 3 aliphatic heterocycles. The maximum Gasteiger partial charge on any atom is 0.419 e. The van der Waals surface area contributed by atoms with Gasteiger partial charge in [0.1, 0.15) is 23.9 Å². The first-order valence-electron chi connectivity index (χ1n) is 19.3. The Balaban J connectivity index is 0.969. The molecule has 4 aliphatic rings. The van der Waals surface area contributed by atoms with E-state index in [-0.39, 0.29) is 35.8 Å². The SMILES string of the molecule is CC1(C)C(=O)N(c2cnc(C#N)c(C(F)(F)F)c2)C(=S)N1C1CCC(CCCN2CCN(CC(=O)Nc3ccc(C4CCC(O)NC4=O)cc3)[C@@H](C(F)(F)F)C2)CC1. The quantitative estimate of drug-likeness (QED) is 0.207. The molecule has 1 aliphatic carbocycles. The van der Waals surface area contributed by atoms with Crippen LogP contribution in [-0.2, 0) is 20.6 Å². The van der Waals surface area contributed by atoms with Crippen LogP contribution in [0, 0.1) is 17.2 Å². The molecule has 0 spiro atoms. The molecule has 1 saturated carbocycles. The molecule has 3 atom stereocenters. The summed E-state index contributed by atoms with van der Waals surface area (Å²) < 4.78 is 83.9. The van der Waals surface area contributed by atoms with Gasteiger partial charge in [-0.3, -0.25) is 24.2 Å². The minimum absolute atomic E-state index is 0.0571. The second-order valence-corrected chi connectivity index (χ2v) is 16.4. The van der Waals surface area contributed by atoms with E-state index in [9.17, 15) is 45.8 Å². The Morgan fingerprint density at radius 2 is 1.74 bits per heavy atom. The second-order valence-electron chi connectivity index (χ2n) is 16.0. The summed E-state index contributed by atoms with van der Waals surface area (Å²) in [6.45, 7) is 3.52. The van der Waals surface area contributed by atoms with Gasteiger partial charge in [-0.2, -0.15) is 31.6 Å². The number of halogens is 6. The van der Waals surface area contributed by atoms with Gasteiger partial charge in [-0.1, -0.05) is 12.1 Å². The lowest BCUT2D eigenvalue weighted by Gasteiger charge is -2.42. The van der Waals surface area contributed by atoms with E-state index in [0.29, 0.717) is 62.4 Å². The number of piperidine rings is 1. The number of carbonyl (C=O) groups is 3. The fourth-order valence-electron chi connectivity index (χ4n) is 8.70. The summed E-state index contributed by atoms with van der Waals surface area (Å²) in [5.74, 6) is -1.52. The third-order valence-corrected chi connectivity index (χ3v) is 12.2. The van der Waals surface area contributed by atoms with Crippen molar-refractivity contribution < 1.29 is 45.8 Å². The van der Waals surface area contributed by atoms with Crippen molar-refractivity contribution in [1.82, 2.24) is 25.0 Å². The lowest BCUT2D eigenvalue weighted by atomic mass is 9.82. The zero-order valence-electron chi connectivity index (χ0n) is 32.1. The zero-order valence-corrected chi connectivity index (χ0v) is 32.9. The van der Waals surface area contributed by atoms with Crippen molar-refractivity contribution in [1.29, 1.82) is 5.26 Å². The van der Waals surface area contributed by atoms with Crippen molar-refractivity contribution >= 4 is 46.4 Å². The number of carbonyl (C=O) groups excluding carboxylic acids is 3. The van der Waals surface area contributed by atoms with Crippen molar-refractivity contribution in [2.45, 2.75) is 107 Å². The number of aromatic nitrogens is 1. The van der Waals surface area contributed by atoms with E-state index >= 15 is 0 Å². The number of aliphatic hydroxyl groups excluding tert-OH is 1. The number of thiocarbonyl (C=S) groups is 1. The number of hydrogen-bond acceptors (Lipinski definition) is 9. The van der Waals surface area contributed by atoms with Crippen LogP contribution in [0.2, 0.25) is 0 Å². The number of aliphatic hydroxyl groups is 1. The van der Waals surface area contributed by atoms with Gasteiger partial charge < -0.3 is 25.5 Å². The summed E-state index contributed by atoms with van der Waals surface area (Å²) in [4.78, 5) is 48.1. The Bertz CT molecular complexity index is 1910. The van der Waals surface area contributed by atoms with Crippen molar-refractivity contribution in [3.05, 3.63) is 53.3 Å². The number of amides is 3. The van der Waals surface area contributed by atoms with Gasteiger partial charge in [0.2, 0.25) is 11.8 Å². The molecule has 2 aromatic rings. The van der Waals surface area contributed by atoms with Crippen LogP contribution in [0.4, 0.5) is 37.7 Å². The van der Waals surface area contributed by atoms with Crippen molar-refractivity contribution in [3.8, 4) is 6.07 Å². The number of alkyl halides is 6. The number of hydrogen-bond donors (Lipinski definition) is 3. The Morgan fingerprint density at radius 1 is 1.05 bits per heavy atom. The predicted molar refractivity (Wildman–Crippen MR) is 204 cm³/mol. The van der Waals surface area contributed by atoms with Crippen molar-refractivity contribution in [3.63, 3.8) is 0 Å². The van der Waals surface area contributed by atoms with Gasteiger partial charge in [0.25, 0.3) is 5.91 Å². The van der Waals surface area contributed by atoms with Gasteiger partial charge in [0.05, 0.1) is 29.9 Å². The van der Waals surface area contributed by atoms with Gasteiger partial charge in [-0.25, -0.2) is 4.98 Å². The highest BCUT2D eigenvalue weighted by Gasteiger charge is 2.53. The van der Waals surface area contributed by atoms with Crippen LogP contribution in [0.15, 0.2) is 36.5 Å². The minimum Gasteiger partial charge on any atom is -0.374 e. The van der Waals surface area contributed by atoms with Crippen LogP contribution in [0.5, 0.6) is 0 Å².